The van der Waals surface area contributed by atoms with Crippen molar-refractivity contribution in [1.82, 2.24) is 14.9 Å². The van der Waals surface area contributed by atoms with E-state index in [1.165, 1.54) is 0 Å². The van der Waals surface area contributed by atoms with Gasteiger partial charge in [0.1, 0.15) is 4.90 Å². The van der Waals surface area contributed by atoms with E-state index in [9.17, 15) is 8.42 Å². The normalized spacial score (nSPS) is 13.6. The largest absolute Gasteiger partial charge is 0.281 e. The lowest BCUT2D eigenvalue weighted by atomic mass is 10.2. The Balaban J connectivity index is 2.31. The van der Waals surface area contributed by atoms with Gasteiger partial charge in [-0.1, -0.05) is 13.0 Å². The van der Waals surface area contributed by atoms with Gasteiger partial charge in [0.15, 0.2) is 0 Å². The number of aryl methyl sites for hydroxylation is 2. The van der Waals surface area contributed by atoms with E-state index < -0.39 is 10.0 Å². The summed E-state index contributed by atoms with van der Waals surface area (Å²) in [7, 11) is -3.55. The van der Waals surface area contributed by atoms with Gasteiger partial charge in [-0.25, -0.2) is 13.1 Å². The monoisotopic (exact) mass is 299 g/mol. The molecule has 0 aromatic carbocycles. The number of rotatable bonds is 5. The van der Waals surface area contributed by atoms with Crippen LogP contribution in [-0.4, -0.2) is 18.6 Å². The molecule has 0 bridgehead atoms. The Morgan fingerprint density at radius 1 is 1.47 bits per heavy atom. The van der Waals surface area contributed by atoms with Crippen LogP contribution in [-0.2, 0) is 10.0 Å². The van der Waals surface area contributed by atoms with Crippen LogP contribution in [0.25, 0.3) is 0 Å². The van der Waals surface area contributed by atoms with Gasteiger partial charge < -0.3 is 0 Å². The molecule has 0 fully saturated rings. The summed E-state index contributed by atoms with van der Waals surface area (Å²) in [6.07, 6.45) is 0.704. The molecule has 0 aliphatic rings. The molecule has 7 heteroatoms. The highest BCUT2D eigenvalue weighted by atomic mass is 32.2. The average Bonchev–Trinajstić information content (AvgIpc) is 2.96. The van der Waals surface area contributed by atoms with E-state index >= 15 is 0 Å². The minimum absolute atomic E-state index is 0.196. The van der Waals surface area contributed by atoms with Gasteiger partial charge in [-0.15, -0.1) is 11.3 Å². The topological polar surface area (TPSA) is 74.8 Å². The van der Waals surface area contributed by atoms with Crippen molar-refractivity contribution >= 4 is 21.4 Å². The lowest BCUT2D eigenvalue weighted by Crippen LogP contribution is -2.28. The molecule has 1 atom stereocenters. The first kappa shape index (κ1) is 14.2. The lowest BCUT2D eigenvalue weighted by molar-refractivity contribution is 0.552. The van der Waals surface area contributed by atoms with Crippen LogP contribution in [0.5, 0.6) is 0 Å². The van der Waals surface area contributed by atoms with Crippen LogP contribution in [0.3, 0.4) is 0 Å². The van der Waals surface area contributed by atoms with Crippen LogP contribution in [0.4, 0.5) is 0 Å². The van der Waals surface area contributed by atoms with Crippen molar-refractivity contribution < 1.29 is 8.42 Å². The molecule has 1 unspecified atom stereocenters. The molecule has 2 aromatic heterocycles. The second-order valence-corrected chi connectivity index (χ2v) is 6.99. The van der Waals surface area contributed by atoms with Gasteiger partial charge in [0.05, 0.1) is 17.4 Å². The van der Waals surface area contributed by atoms with E-state index in [4.69, 9.17) is 0 Å². The second kappa shape index (κ2) is 5.44. The maximum absolute atomic E-state index is 12.4. The van der Waals surface area contributed by atoms with Crippen LogP contribution < -0.4 is 4.72 Å². The molecule has 0 aliphatic heterocycles. The Kier molecular flexibility index (Phi) is 4.07. The van der Waals surface area contributed by atoms with Crippen molar-refractivity contribution in [3.8, 4) is 0 Å². The minimum atomic E-state index is -3.55. The standard InChI is InChI=1S/C12H17N3O2S2/c1-4-10(11-6-5-7-18-11)15-19(16,17)12-8(2)13-14-9(12)3/h5-7,10,15H,4H2,1-3H3,(H,13,14). The minimum Gasteiger partial charge on any atom is -0.281 e. The number of nitrogens with zero attached hydrogens (tertiary/aromatic N) is 1. The summed E-state index contributed by atoms with van der Waals surface area (Å²) < 4.78 is 27.6. The van der Waals surface area contributed by atoms with Gasteiger partial charge in [-0.3, -0.25) is 5.10 Å². The summed E-state index contributed by atoms with van der Waals surface area (Å²) in [5.74, 6) is 0. The summed E-state index contributed by atoms with van der Waals surface area (Å²) in [6.45, 7) is 5.35. The number of aromatic nitrogens is 2. The molecule has 2 aromatic rings. The molecular formula is C12H17N3O2S2. The first-order valence-electron chi connectivity index (χ1n) is 6.03. The van der Waals surface area contributed by atoms with Crippen molar-refractivity contribution in [3.63, 3.8) is 0 Å². The van der Waals surface area contributed by atoms with Gasteiger partial charge in [-0.05, 0) is 31.7 Å². The van der Waals surface area contributed by atoms with Crippen molar-refractivity contribution in [2.75, 3.05) is 0 Å². The zero-order chi connectivity index (χ0) is 14.0. The van der Waals surface area contributed by atoms with Gasteiger partial charge in [-0.2, -0.15) is 5.10 Å². The number of nitrogens with one attached hydrogen (secondary N) is 2. The first-order chi connectivity index (χ1) is 8.95. The molecule has 2 rings (SSSR count). The summed E-state index contributed by atoms with van der Waals surface area (Å²) in [5.41, 5.74) is 1.05. The van der Waals surface area contributed by atoms with Gasteiger partial charge >= 0.3 is 0 Å². The number of sulfonamides is 1. The van der Waals surface area contributed by atoms with Crippen molar-refractivity contribution in [2.24, 2.45) is 0 Å². The molecular weight excluding hydrogens is 282 g/mol. The number of thiophene rings is 1. The maximum Gasteiger partial charge on any atom is 0.244 e. The molecule has 2 N–H and O–H groups in total. The zero-order valence-corrected chi connectivity index (χ0v) is 12.7. The fraction of sp³-hybridized carbons (Fsp3) is 0.417. The van der Waals surface area contributed by atoms with Crippen molar-refractivity contribution in [2.45, 2.75) is 38.1 Å². The van der Waals surface area contributed by atoms with Crippen molar-refractivity contribution in [1.29, 1.82) is 0 Å². The third kappa shape index (κ3) is 2.88. The smallest absolute Gasteiger partial charge is 0.244 e. The fourth-order valence-corrected chi connectivity index (χ4v) is 4.62. The van der Waals surface area contributed by atoms with E-state index in [0.29, 0.717) is 17.8 Å². The molecule has 0 amide bonds. The summed E-state index contributed by atoms with van der Waals surface area (Å²) in [5, 5.41) is 8.58. The van der Waals surface area contributed by atoms with E-state index in [1.807, 2.05) is 24.4 Å². The number of aromatic amines is 1. The molecule has 0 spiro atoms. The maximum atomic E-state index is 12.4. The van der Waals surface area contributed by atoms with Crippen LogP contribution in [0.2, 0.25) is 0 Å². The van der Waals surface area contributed by atoms with Crippen molar-refractivity contribution in [3.05, 3.63) is 33.8 Å². The first-order valence-corrected chi connectivity index (χ1v) is 8.39. The molecule has 0 saturated carbocycles. The Morgan fingerprint density at radius 2 is 2.21 bits per heavy atom. The van der Waals surface area contributed by atoms with Gasteiger partial charge in [0, 0.05) is 4.88 Å². The Morgan fingerprint density at radius 3 is 2.68 bits per heavy atom. The van der Waals surface area contributed by atoms with Crippen LogP contribution in [0, 0.1) is 13.8 Å². The Labute approximate surface area is 117 Å². The summed E-state index contributed by atoms with van der Waals surface area (Å²) in [6, 6.07) is 3.67. The molecule has 5 nitrogen and oxygen atoms in total. The molecule has 0 saturated heterocycles. The number of hydrogen-bond donors (Lipinski definition) is 2. The van der Waals surface area contributed by atoms with Crippen LogP contribution in [0.15, 0.2) is 22.4 Å². The summed E-state index contributed by atoms with van der Waals surface area (Å²) >= 11 is 1.55. The van der Waals surface area contributed by atoms with E-state index in [1.54, 1.807) is 25.2 Å². The van der Waals surface area contributed by atoms with Gasteiger partial charge in [0.2, 0.25) is 10.0 Å². The molecule has 0 radical (unpaired) electrons. The van der Waals surface area contributed by atoms with E-state index in [0.717, 1.165) is 4.88 Å². The second-order valence-electron chi connectivity index (χ2n) is 4.36. The highest BCUT2D eigenvalue weighted by Crippen LogP contribution is 2.25. The van der Waals surface area contributed by atoms with Gasteiger partial charge in [0.25, 0.3) is 0 Å². The molecule has 0 aliphatic carbocycles. The Hall–Kier alpha value is -1.18. The lowest BCUT2D eigenvalue weighted by Gasteiger charge is -2.15. The average molecular weight is 299 g/mol. The SMILES string of the molecule is CCC(NS(=O)(=O)c1c(C)n[nH]c1C)c1cccs1. The van der Waals surface area contributed by atoms with E-state index in [2.05, 4.69) is 14.9 Å². The predicted octanol–water partition coefficient (Wildman–Crippen LogP) is 2.52. The third-order valence-corrected chi connectivity index (χ3v) is 5.64. The number of H-pyrrole nitrogens is 1. The molecule has 104 valence electrons. The fourth-order valence-electron chi connectivity index (χ4n) is 2.01. The third-order valence-electron chi connectivity index (χ3n) is 2.92. The van der Waals surface area contributed by atoms with E-state index in [-0.39, 0.29) is 10.9 Å². The van der Waals surface area contributed by atoms with Crippen LogP contribution in [0.1, 0.15) is 35.7 Å². The quantitative estimate of drug-likeness (QED) is 0.891. The number of hydrogen-bond acceptors (Lipinski definition) is 4. The van der Waals surface area contributed by atoms with Crippen LogP contribution >= 0.6 is 11.3 Å². The zero-order valence-electron chi connectivity index (χ0n) is 11.1. The molecule has 19 heavy (non-hydrogen) atoms. The highest BCUT2D eigenvalue weighted by molar-refractivity contribution is 7.89. The molecule has 2 heterocycles. The predicted molar refractivity (Wildman–Crippen MR) is 75.7 cm³/mol. The highest BCUT2D eigenvalue weighted by Gasteiger charge is 2.25. The summed E-state index contributed by atoms with van der Waals surface area (Å²) in [4.78, 5) is 1.27. The Bertz CT molecular complexity index is 625.